The van der Waals surface area contributed by atoms with Gasteiger partial charge in [0.2, 0.25) is 0 Å². The Morgan fingerprint density at radius 2 is 1.41 bits per heavy atom. The fourth-order valence-electron chi connectivity index (χ4n) is 3.22. The molecule has 0 spiro atoms. The Labute approximate surface area is 132 Å². The molecule has 0 amide bonds. The van der Waals surface area contributed by atoms with Crippen molar-refractivity contribution in [3.63, 3.8) is 0 Å². The predicted octanol–water partition coefficient (Wildman–Crippen LogP) is 0.618. The molecule has 0 bridgehead atoms. The van der Waals surface area contributed by atoms with Crippen molar-refractivity contribution in [3.05, 3.63) is 71.0 Å². The van der Waals surface area contributed by atoms with Crippen LogP contribution in [0.2, 0.25) is 0 Å². The van der Waals surface area contributed by atoms with Gasteiger partial charge in [-0.05, 0) is 13.0 Å². The molecule has 1 saturated heterocycles. The summed E-state index contributed by atoms with van der Waals surface area (Å²) < 4.78 is 13.7. The lowest BCUT2D eigenvalue weighted by molar-refractivity contribution is -1.02. The van der Waals surface area contributed by atoms with E-state index in [-0.39, 0.29) is 5.82 Å². The third-order valence-corrected chi connectivity index (χ3v) is 4.64. The highest BCUT2D eigenvalue weighted by Crippen LogP contribution is 2.04. The molecule has 1 aliphatic rings. The van der Waals surface area contributed by atoms with Crippen molar-refractivity contribution in [2.75, 3.05) is 26.2 Å². The van der Waals surface area contributed by atoms with Gasteiger partial charge in [-0.3, -0.25) is 0 Å². The molecule has 2 N–H and O–H groups in total. The highest BCUT2D eigenvalue weighted by Gasteiger charge is 2.23. The summed E-state index contributed by atoms with van der Waals surface area (Å²) in [4.78, 5) is 3.14. The summed E-state index contributed by atoms with van der Waals surface area (Å²) in [6.45, 7) is 8.61. The molecule has 2 aromatic rings. The minimum Gasteiger partial charge on any atom is -0.322 e. The van der Waals surface area contributed by atoms with Crippen LogP contribution in [0.1, 0.15) is 16.7 Å². The van der Waals surface area contributed by atoms with E-state index in [1.54, 1.807) is 17.0 Å². The molecule has 1 fully saturated rings. The second-order valence-corrected chi connectivity index (χ2v) is 6.43. The fourth-order valence-corrected chi connectivity index (χ4v) is 3.22. The van der Waals surface area contributed by atoms with Gasteiger partial charge in [-0.2, -0.15) is 0 Å². The third kappa shape index (κ3) is 3.93. The topological polar surface area (TPSA) is 8.88 Å². The molecule has 0 aromatic heterocycles. The zero-order valence-electron chi connectivity index (χ0n) is 13.2. The highest BCUT2D eigenvalue weighted by atomic mass is 19.1. The average molecular weight is 300 g/mol. The number of rotatable bonds is 4. The van der Waals surface area contributed by atoms with Crippen LogP contribution >= 0.6 is 0 Å². The molecule has 0 radical (unpaired) electrons. The zero-order valence-corrected chi connectivity index (χ0v) is 13.2. The number of hydrogen-bond acceptors (Lipinski definition) is 0. The van der Waals surface area contributed by atoms with Crippen LogP contribution in [0.15, 0.2) is 48.5 Å². The van der Waals surface area contributed by atoms with Gasteiger partial charge in [0.15, 0.2) is 0 Å². The Kier molecular flexibility index (Phi) is 4.86. The lowest BCUT2D eigenvalue weighted by atomic mass is 10.1. The summed E-state index contributed by atoms with van der Waals surface area (Å²) in [7, 11) is 0. The maximum absolute atomic E-state index is 13.7. The summed E-state index contributed by atoms with van der Waals surface area (Å²) in [5, 5.41) is 0. The van der Waals surface area contributed by atoms with Gasteiger partial charge in [-0.1, -0.05) is 48.0 Å². The van der Waals surface area contributed by atoms with Crippen LogP contribution in [0.3, 0.4) is 0 Å². The molecule has 116 valence electrons. The normalized spacial score (nSPS) is 21.7. The molecule has 0 unspecified atom stereocenters. The minimum atomic E-state index is -0.0653. The largest absolute Gasteiger partial charge is 0.322 e. The molecule has 3 heteroatoms. The van der Waals surface area contributed by atoms with Gasteiger partial charge in [-0.15, -0.1) is 0 Å². The van der Waals surface area contributed by atoms with Crippen LogP contribution in [0, 0.1) is 12.7 Å². The first kappa shape index (κ1) is 15.2. The molecule has 3 rings (SSSR count). The molecule has 22 heavy (non-hydrogen) atoms. The molecule has 1 aliphatic heterocycles. The monoisotopic (exact) mass is 300 g/mol. The van der Waals surface area contributed by atoms with Crippen molar-refractivity contribution in [1.29, 1.82) is 0 Å². The summed E-state index contributed by atoms with van der Waals surface area (Å²) in [6.07, 6.45) is 0. The Balaban J connectivity index is 1.50. The van der Waals surface area contributed by atoms with Crippen molar-refractivity contribution < 1.29 is 14.2 Å². The molecule has 2 aromatic carbocycles. The number of piperazine rings is 1. The Bertz CT molecular complexity index is 601. The molecular weight excluding hydrogens is 275 g/mol. The number of hydrogen-bond donors (Lipinski definition) is 2. The maximum atomic E-state index is 13.7. The Morgan fingerprint density at radius 3 is 2.05 bits per heavy atom. The van der Waals surface area contributed by atoms with Crippen molar-refractivity contribution in [1.82, 2.24) is 0 Å². The predicted molar refractivity (Wildman–Crippen MR) is 86.4 cm³/mol. The average Bonchev–Trinajstić information content (AvgIpc) is 2.54. The van der Waals surface area contributed by atoms with E-state index in [1.807, 2.05) is 12.1 Å². The van der Waals surface area contributed by atoms with Crippen LogP contribution in [0.4, 0.5) is 4.39 Å². The molecule has 2 nitrogen and oxygen atoms in total. The molecule has 0 atom stereocenters. The van der Waals surface area contributed by atoms with E-state index >= 15 is 0 Å². The van der Waals surface area contributed by atoms with Gasteiger partial charge in [-0.25, -0.2) is 4.39 Å². The molecule has 0 saturated carbocycles. The van der Waals surface area contributed by atoms with E-state index in [1.165, 1.54) is 16.0 Å². The van der Waals surface area contributed by atoms with E-state index in [2.05, 4.69) is 31.2 Å². The van der Waals surface area contributed by atoms with Crippen molar-refractivity contribution in [3.8, 4) is 0 Å². The Hall–Kier alpha value is -1.71. The van der Waals surface area contributed by atoms with Gasteiger partial charge >= 0.3 is 0 Å². The van der Waals surface area contributed by atoms with Crippen LogP contribution in [0.5, 0.6) is 0 Å². The van der Waals surface area contributed by atoms with Gasteiger partial charge < -0.3 is 9.80 Å². The van der Waals surface area contributed by atoms with E-state index in [0.717, 1.165) is 44.8 Å². The molecule has 1 heterocycles. The van der Waals surface area contributed by atoms with Crippen LogP contribution in [-0.2, 0) is 13.1 Å². The quantitative estimate of drug-likeness (QED) is 0.819. The number of quaternary nitrogens is 2. The van der Waals surface area contributed by atoms with E-state index in [0.29, 0.717) is 0 Å². The number of nitrogens with one attached hydrogen (secondary N) is 2. The van der Waals surface area contributed by atoms with Crippen molar-refractivity contribution in [2.45, 2.75) is 20.0 Å². The number of benzene rings is 2. The number of aryl methyl sites for hydroxylation is 1. The zero-order chi connectivity index (χ0) is 15.4. The van der Waals surface area contributed by atoms with Gasteiger partial charge in [0, 0.05) is 11.1 Å². The summed E-state index contributed by atoms with van der Waals surface area (Å²) in [5.41, 5.74) is 3.58. The first-order valence-electron chi connectivity index (χ1n) is 8.17. The maximum Gasteiger partial charge on any atom is 0.132 e. The molecule has 0 aliphatic carbocycles. The van der Waals surface area contributed by atoms with Crippen molar-refractivity contribution in [2.24, 2.45) is 0 Å². The van der Waals surface area contributed by atoms with E-state index in [9.17, 15) is 4.39 Å². The summed E-state index contributed by atoms with van der Waals surface area (Å²) in [6, 6.07) is 16.0. The van der Waals surface area contributed by atoms with Gasteiger partial charge in [0.05, 0.1) is 0 Å². The standard InChI is InChI=1S/C19H23FN2/c1-16-6-8-17(9-7-16)14-21-10-12-22(13-11-21)15-18-4-2-3-5-19(18)20/h2-9H,10-15H2,1H3/p+2. The fraction of sp³-hybridized carbons (Fsp3) is 0.368. The SMILES string of the molecule is Cc1ccc(C[NH+]2CC[NH+](Cc3ccccc3F)CC2)cc1. The van der Waals surface area contributed by atoms with Crippen LogP contribution in [0.25, 0.3) is 0 Å². The third-order valence-electron chi connectivity index (χ3n) is 4.64. The van der Waals surface area contributed by atoms with Gasteiger partial charge in [0.25, 0.3) is 0 Å². The van der Waals surface area contributed by atoms with Crippen LogP contribution in [-0.4, -0.2) is 26.2 Å². The van der Waals surface area contributed by atoms with Gasteiger partial charge in [0.1, 0.15) is 45.1 Å². The van der Waals surface area contributed by atoms with Crippen LogP contribution < -0.4 is 9.80 Å². The number of halogens is 1. The highest BCUT2D eigenvalue weighted by molar-refractivity contribution is 5.20. The lowest BCUT2D eigenvalue weighted by Gasteiger charge is -2.29. The second-order valence-electron chi connectivity index (χ2n) is 6.43. The Morgan fingerprint density at radius 1 is 0.818 bits per heavy atom. The summed E-state index contributed by atoms with van der Waals surface area (Å²) >= 11 is 0. The second kappa shape index (κ2) is 7.03. The van der Waals surface area contributed by atoms with E-state index in [4.69, 9.17) is 0 Å². The molecular formula is C19H25FN2+2. The lowest BCUT2D eigenvalue weighted by Crippen LogP contribution is -3.27. The summed E-state index contributed by atoms with van der Waals surface area (Å²) in [5.74, 6) is -0.0653. The van der Waals surface area contributed by atoms with E-state index < -0.39 is 0 Å². The minimum absolute atomic E-state index is 0.0653. The smallest absolute Gasteiger partial charge is 0.132 e. The first-order valence-corrected chi connectivity index (χ1v) is 8.17. The van der Waals surface area contributed by atoms with Crippen molar-refractivity contribution >= 4 is 0 Å². The first-order chi connectivity index (χ1) is 10.7.